The highest BCUT2D eigenvalue weighted by Gasteiger charge is 2.43. The van der Waals surface area contributed by atoms with Gasteiger partial charge in [0.05, 0.1) is 28.7 Å². The molecule has 1 amide bonds. The number of amides is 1. The molecular formula is C19H12ClF2N3O3. The lowest BCUT2D eigenvalue weighted by Crippen LogP contribution is -2.25. The van der Waals surface area contributed by atoms with E-state index in [0.717, 1.165) is 0 Å². The number of alkyl halides is 2. The number of benzene rings is 2. The first kappa shape index (κ1) is 18.1. The summed E-state index contributed by atoms with van der Waals surface area (Å²) < 4.78 is 35.4. The van der Waals surface area contributed by atoms with Gasteiger partial charge in [0.25, 0.3) is 5.91 Å². The molecule has 0 unspecified atom stereocenters. The van der Waals surface area contributed by atoms with Crippen molar-refractivity contribution in [2.75, 3.05) is 5.32 Å². The maximum absolute atomic E-state index is 13.2. The molecule has 142 valence electrons. The Balaban J connectivity index is 1.56. The lowest BCUT2D eigenvalue weighted by Gasteiger charge is -2.08. The summed E-state index contributed by atoms with van der Waals surface area (Å²) >= 11 is 6.00. The van der Waals surface area contributed by atoms with Gasteiger partial charge in [-0.15, -0.1) is 8.78 Å². The highest BCUT2D eigenvalue weighted by Crippen LogP contribution is 2.44. The number of anilines is 1. The van der Waals surface area contributed by atoms with Crippen LogP contribution in [0.4, 0.5) is 14.6 Å². The van der Waals surface area contributed by atoms with Crippen molar-refractivity contribution in [3.63, 3.8) is 0 Å². The number of nitrogens with zero attached hydrogens (tertiary/aromatic N) is 2. The van der Waals surface area contributed by atoms with E-state index in [2.05, 4.69) is 24.8 Å². The summed E-state index contributed by atoms with van der Waals surface area (Å²) in [5, 5.41) is 2.92. The first-order chi connectivity index (χ1) is 13.3. The third-order valence-corrected chi connectivity index (χ3v) is 4.37. The molecule has 2 heterocycles. The van der Waals surface area contributed by atoms with Crippen molar-refractivity contribution in [3.8, 4) is 22.8 Å². The molecule has 1 N–H and O–H groups in total. The first-order valence-electron chi connectivity index (χ1n) is 8.11. The summed E-state index contributed by atoms with van der Waals surface area (Å²) in [7, 11) is 0. The molecule has 2 aromatic carbocycles. The molecule has 0 saturated carbocycles. The zero-order valence-corrected chi connectivity index (χ0v) is 15.1. The Labute approximate surface area is 163 Å². The number of nitrogens with one attached hydrogen (secondary N) is 1. The second-order valence-electron chi connectivity index (χ2n) is 6.00. The Morgan fingerprint density at radius 2 is 1.82 bits per heavy atom. The van der Waals surface area contributed by atoms with Crippen molar-refractivity contribution in [2.45, 2.75) is 13.2 Å². The molecule has 1 aliphatic rings. The maximum Gasteiger partial charge on any atom is 0.586 e. The van der Waals surface area contributed by atoms with Crippen molar-refractivity contribution in [1.29, 1.82) is 0 Å². The van der Waals surface area contributed by atoms with Crippen molar-refractivity contribution < 1.29 is 23.0 Å². The summed E-state index contributed by atoms with van der Waals surface area (Å²) in [5.41, 5.74) is 1.94. The quantitative estimate of drug-likeness (QED) is 0.687. The molecule has 1 aromatic heterocycles. The Kier molecular flexibility index (Phi) is 4.35. The van der Waals surface area contributed by atoms with E-state index in [-0.39, 0.29) is 17.3 Å². The number of carbonyl (C=O) groups is 1. The molecule has 1 aliphatic heterocycles. The van der Waals surface area contributed by atoms with Crippen LogP contribution in [0.5, 0.6) is 11.5 Å². The summed E-state index contributed by atoms with van der Waals surface area (Å²) in [6.07, 6.45) is -0.903. The third kappa shape index (κ3) is 3.46. The fraction of sp³-hybridized carbons (Fsp3) is 0.105. The minimum Gasteiger partial charge on any atom is -0.395 e. The molecule has 0 spiro atoms. The minimum atomic E-state index is -3.69. The van der Waals surface area contributed by atoms with Gasteiger partial charge in [0.15, 0.2) is 17.3 Å². The van der Waals surface area contributed by atoms with Gasteiger partial charge in [-0.25, -0.2) is 4.98 Å². The number of aryl methyl sites for hydroxylation is 1. The molecule has 0 fully saturated rings. The molecule has 0 radical (unpaired) electrons. The van der Waals surface area contributed by atoms with Crippen LogP contribution in [0, 0.1) is 6.92 Å². The Morgan fingerprint density at radius 1 is 1.11 bits per heavy atom. The fourth-order valence-corrected chi connectivity index (χ4v) is 2.96. The number of hydrogen-bond acceptors (Lipinski definition) is 5. The van der Waals surface area contributed by atoms with E-state index in [1.165, 1.54) is 24.5 Å². The Bertz CT molecular complexity index is 1070. The number of rotatable bonds is 3. The first-order valence-corrected chi connectivity index (χ1v) is 8.49. The van der Waals surface area contributed by atoms with E-state index in [1.807, 2.05) is 0 Å². The SMILES string of the molecule is Cc1cc2c(cc1-c1cnc(NC(=O)c3ccccc3Cl)cn1)OC(F)(F)O2. The number of aromatic nitrogens is 2. The lowest BCUT2D eigenvalue weighted by atomic mass is 10.1. The molecule has 3 aromatic rings. The minimum absolute atomic E-state index is 0.0390. The second-order valence-corrected chi connectivity index (χ2v) is 6.41. The van der Waals surface area contributed by atoms with Gasteiger partial charge in [-0.3, -0.25) is 9.78 Å². The van der Waals surface area contributed by atoms with Gasteiger partial charge in [0, 0.05) is 5.56 Å². The second kappa shape index (κ2) is 6.72. The molecule has 28 heavy (non-hydrogen) atoms. The van der Waals surface area contributed by atoms with Crippen molar-refractivity contribution in [3.05, 3.63) is 64.9 Å². The van der Waals surface area contributed by atoms with Gasteiger partial charge >= 0.3 is 6.29 Å². The van der Waals surface area contributed by atoms with Crippen molar-refractivity contribution in [1.82, 2.24) is 9.97 Å². The Morgan fingerprint density at radius 3 is 2.50 bits per heavy atom. The molecular weight excluding hydrogens is 392 g/mol. The zero-order valence-electron chi connectivity index (χ0n) is 14.4. The van der Waals surface area contributed by atoms with E-state index in [1.54, 1.807) is 31.2 Å². The zero-order chi connectivity index (χ0) is 19.9. The van der Waals surface area contributed by atoms with Crippen LogP contribution in [0.1, 0.15) is 15.9 Å². The van der Waals surface area contributed by atoms with Gasteiger partial charge in [0.2, 0.25) is 0 Å². The highest BCUT2D eigenvalue weighted by molar-refractivity contribution is 6.34. The fourth-order valence-electron chi connectivity index (χ4n) is 2.73. The van der Waals surface area contributed by atoms with E-state index in [4.69, 9.17) is 11.6 Å². The summed E-state index contributed by atoms with van der Waals surface area (Å²) in [6.45, 7) is 1.73. The van der Waals surface area contributed by atoms with Crippen LogP contribution in [0.3, 0.4) is 0 Å². The largest absolute Gasteiger partial charge is 0.586 e. The van der Waals surface area contributed by atoms with E-state index in [9.17, 15) is 13.6 Å². The van der Waals surface area contributed by atoms with Crippen LogP contribution in [0.2, 0.25) is 5.02 Å². The maximum atomic E-state index is 13.2. The van der Waals surface area contributed by atoms with E-state index >= 15 is 0 Å². The molecule has 0 aliphatic carbocycles. The van der Waals surface area contributed by atoms with Crippen LogP contribution >= 0.6 is 11.6 Å². The molecule has 0 saturated heterocycles. The van der Waals surface area contributed by atoms with E-state index in [0.29, 0.717) is 27.4 Å². The summed E-state index contributed by atoms with van der Waals surface area (Å²) in [6, 6.07) is 9.47. The van der Waals surface area contributed by atoms with Crippen LogP contribution in [-0.2, 0) is 0 Å². The van der Waals surface area contributed by atoms with Crippen LogP contribution in [-0.4, -0.2) is 22.2 Å². The van der Waals surface area contributed by atoms with Crippen LogP contribution < -0.4 is 14.8 Å². The normalized spacial score (nSPS) is 14.0. The van der Waals surface area contributed by atoms with Gasteiger partial charge in [0.1, 0.15) is 0 Å². The average Bonchev–Trinajstić information content (AvgIpc) is 2.95. The van der Waals surface area contributed by atoms with Gasteiger partial charge in [-0.05, 0) is 36.8 Å². The molecule has 6 nitrogen and oxygen atoms in total. The van der Waals surface area contributed by atoms with Gasteiger partial charge in [-0.2, -0.15) is 0 Å². The predicted molar refractivity (Wildman–Crippen MR) is 97.8 cm³/mol. The lowest BCUT2D eigenvalue weighted by molar-refractivity contribution is -0.286. The molecule has 4 rings (SSSR count). The smallest absolute Gasteiger partial charge is 0.395 e. The number of ether oxygens (including phenoxy) is 2. The standard InChI is InChI=1S/C19H12ClF2N3O3/c1-10-6-15-16(28-19(21,22)27-15)7-12(10)14-8-24-17(9-23-14)25-18(26)11-4-2-3-5-13(11)20/h2-9H,1H3,(H,24,25,26). The molecule has 0 bridgehead atoms. The van der Waals surface area contributed by atoms with Crippen molar-refractivity contribution in [2.24, 2.45) is 0 Å². The third-order valence-electron chi connectivity index (χ3n) is 4.04. The summed E-state index contributed by atoms with van der Waals surface area (Å²) in [4.78, 5) is 20.7. The topological polar surface area (TPSA) is 73.3 Å². The molecule has 9 heteroatoms. The van der Waals surface area contributed by atoms with Gasteiger partial charge in [-0.1, -0.05) is 23.7 Å². The number of fused-ring (bicyclic) bond motifs is 1. The number of carbonyl (C=O) groups excluding carboxylic acids is 1. The molecule has 0 atom stereocenters. The van der Waals surface area contributed by atoms with Crippen molar-refractivity contribution >= 4 is 23.3 Å². The monoisotopic (exact) mass is 403 g/mol. The van der Waals surface area contributed by atoms with Crippen LogP contribution in [0.15, 0.2) is 48.8 Å². The van der Waals surface area contributed by atoms with Crippen LogP contribution in [0.25, 0.3) is 11.3 Å². The number of halogens is 3. The summed E-state index contributed by atoms with van der Waals surface area (Å²) in [5.74, 6) is -0.320. The average molecular weight is 404 g/mol. The Hall–Kier alpha value is -3.26. The predicted octanol–water partition coefficient (Wildman–Crippen LogP) is 4.68. The number of hydrogen-bond donors (Lipinski definition) is 1. The van der Waals surface area contributed by atoms with Gasteiger partial charge < -0.3 is 14.8 Å². The van der Waals surface area contributed by atoms with E-state index < -0.39 is 12.2 Å². The highest BCUT2D eigenvalue weighted by atomic mass is 35.5.